The van der Waals surface area contributed by atoms with E-state index in [4.69, 9.17) is 5.73 Å². The lowest BCUT2D eigenvalue weighted by Gasteiger charge is -2.04. The van der Waals surface area contributed by atoms with Crippen LogP contribution >= 0.6 is 0 Å². The smallest absolute Gasteiger partial charge is 0.327 e. The summed E-state index contributed by atoms with van der Waals surface area (Å²) >= 11 is 0. The van der Waals surface area contributed by atoms with Crippen molar-refractivity contribution in [2.24, 2.45) is 12.8 Å². The highest BCUT2D eigenvalue weighted by Crippen LogP contribution is 2.44. The van der Waals surface area contributed by atoms with Crippen molar-refractivity contribution in [3.8, 4) is 0 Å². The molecule has 1 aromatic rings. The third kappa shape index (κ3) is 1.50. The van der Waals surface area contributed by atoms with E-state index in [-0.39, 0.29) is 17.5 Å². The van der Waals surface area contributed by atoms with E-state index in [2.05, 4.69) is 5.10 Å². The minimum atomic E-state index is -4.38. The second kappa shape index (κ2) is 2.73. The zero-order valence-corrected chi connectivity index (χ0v) is 7.54. The van der Waals surface area contributed by atoms with Gasteiger partial charge in [0, 0.05) is 30.8 Å². The van der Waals surface area contributed by atoms with Crippen molar-refractivity contribution in [3.05, 3.63) is 17.5 Å². The number of hydrogen-bond donors (Lipinski definition) is 1. The Balaban J connectivity index is 2.39. The molecular weight excluding hydrogens is 195 g/mol. The van der Waals surface area contributed by atoms with Gasteiger partial charge in [-0.05, 0) is 6.42 Å². The van der Waals surface area contributed by atoms with Gasteiger partial charge in [-0.1, -0.05) is 0 Å². The van der Waals surface area contributed by atoms with Crippen LogP contribution in [-0.4, -0.2) is 15.8 Å². The Morgan fingerprint density at radius 3 is 2.57 bits per heavy atom. The zero-order chi connectivity index (χ0) is 10.5. The first-order valence-corrected chi connectivity index (χ1v) is 4.26. The largest absolute Gasteiger partial charge is 0.435 e. The first-order chi connectivity index (χ1) is 6.39. The number of nitrogens with zero attached hydrogens (tertiary/aromatic N) is 2. The molecule has 1 heterocycles. The molecule has 6 heteroatoms. The lowest BCUT2D eigenvalue weighted by Crippen LogP contribution is -2.10. The van der Waals surface area contributed by atoms with Gasteiger partial charge in [-0.25, -0.2) is 0 Å². The fourth-order valence-electron chi connectivity index (χ4n) is 1.57. The predicted molar refractivity (Wildman–Crippen MR) is 43.5 cm³/mol. The number of rotatable bonds is 1. The fraction of sp³-hybridized carbons (Fsp3) is 0.625. The molecule has 3 nitrogen and oxygen atoms in total. The lowest BCUT2D eigenvalue weighted by molar-refractivity contribution is -0.142. The highest BCUT2D eigenvalue weighted by Gasteiger charge is 2.45. The molecule has 1 aromatic heterocycles. The van der Waals surface area contributed by atoms with Crippen LogP contribution in [0.5, 0.6) is 0 Å². The van der Waals surface area contributed by atoms with Crippen LogP contribution in [0.2, 0.25) is 0 Å². The van der Waals surface area contributed by atoms with Crippen LogP contribution < -0.4 is 5.73 Å². The van der Waals surface area contributed by atoms with Crippen LogP contribution in [0.3, 0.4) is 0 Å². The van der Waals surface area contributed by atoms with Gasteiger partial charge in [0.05, 0.1) is 0 Å². The second-order valence-corrected chi connectivity index (χ2v) is 3.61. The van der Waals surface area contributed by atoms with E-state index in [1.54, 1.807) is 0 Å². The minimum Gasteiger partial charge on any atom is -0.327 e. The Labute approximate surface area is 78.7 Å². The van der Waals surface area contributed by atoms with E-state index < -0.39 is 11.9 Å². The maximum absolute atomic E-state index is 12.5. The van der Waals surface area contributed by atoms with Crippen LogP contribution in [0.25, 0.3) is 0 Å². The van der Waals surface area contributed by atoms with Crippen molar-refractivity contribution in [1.29, 1.82) is 0 Å². The molecule has 2 rings (SSSR count). The third-order valence-corrected chi connectivity index (χ3v) is 2.36. The van der Waals surface area contributed by atoms with Gasteiger partial charge in [-0.3, -0.25) is 4.68 Å². The predicted octanol–water partition coefficient (Wildman–Crippen LogP) is 1.25. The van der Waals surface area contributed by atoms with Crippen LogP contribution in [0, 0.1) is 0 Å². The lowest BCUT2D eigenvalue weighted by atomic mass is 10.1. The summed E-state index contributed by atoms with van der Waals surface area (Å²) < 4.78 is 38.6. The number of nitrogens with two attached hydrogens (primary N) is 1. The van der Waals surface area contributed by atoms with Gasteiger partial charge in [0.15, 0.2) is 5.69 Å². The Morgan fingerprint density at radius 2 is 2.14 bits per heavy atom. The average Bonchev–Trinajstić information content (AvgIpc) is 2.58. The van der Waals surface area contributed by atoms with Gasteiger partial charge in [-0.2, -0.15) is 18.3 Å². The maximum Gasteiger partial charge on any atom is 0.435 e. The summed E-state index contributed by atoms with van der Waals surface area (Å²) in [6, 6.07) is -0.139. The molecule has 0 aromatic carbocycles. The molecule has 78 valence electrons. The van der Waals surface area contributed by atoms with Gasteiger partial charge in [0.25, 0.3) is 0 Å². The molecule has 0 amide bonds. The highest BCUT2D eigenvalue weighted by molar-refractivity contribution is 5.31. The van der Waals surface area contributed by atoms with Crippen molar-refractivity contribution in [3.63, 3.8) is 0 Å². The molecule has 0 spiro atoms. The number of halogens is 3. The number of aryl methyl sites for hydroxylation is 1. The van der Waals surface area contributed by atoms with Crippen molar-refractivity contribution in [2.75, 3.05) is 0 Å². The third-order valence-electron chi connectivity index (χ3n) is 2.36. The number of aromatic nitrogens is 2. The molecule has 1 aliphatic rings. The van der Waals surface area contributed by atoms with Gasteiger partial charge >= 0.3 is 6.18 Å². The van der Waals surface area contributed by atoms with E-state index in [1.807, 2.05) is 0 Å². The quantitative estimate of drug-likeness (QED) is 0.749. The molecule has 1 saturated carbocycles. The van der Waals surface area contributed by atoms with Gasteiger partial charge in [0.1, 0.15) is 0 Å². The summed E-state index contributed by atoms with van der Waals surface area (Å²) in [6.45, 7) is 0. The average molecular weight is 205 g/mol. The normalized spacial score (nSPS) is 26.6. The molecule has 0 unspecified atom stereocenters. The van der Waals surface area contributed by atoms with E-state index in [1.165, 1.54) is 17.9 Å². The Kier molecular flexibility index (Phi) is 1.85. The van der Waals surface area contributed by atoms with Gasteiger partial charge in [-0.15, -0.1) is 0 Å². The molecule has 0 bridgehead atoms. The van der Waals surface area contributed by atoms with Crippen molar-refractivity contribution >= 4 is 0 Å². The Hall–Kier alpha value is -1.04. The summed E-state index contributed by atoms with van der Waals surface area (Å²) in [6.07, 6.45) is -2.35. The maximum atomic E-state index is 12.5. The summed E-state index contributed by atoms with van der Waals surface area (Å²) in [4.78, 5) is 0. The van der Waals surface area contributed by atoms with Crippen LogP contribution in [0.15, 0.2) is 6.20 Å². The van der Waals surface area contributed by atoms with E-state index in [0.717, 1.165) is 0 Å². The summed E-state index contributed by atoms with van der Waals surface area (Å²) in [5.74, 6) is -0.166. The molecule has 0 aliphatic heterocycles. The van der Waals surface area contributed by atoms with Crippen LogP contribution in [0.4, 0.5) is 13.2 Å². The summed E-state index contributed by atoms with van der Waals surface area (Å²) in [5.41, 5.74) is 4.95. The second-order valence-electron chi connectivity index (χ2n) is 3.61. The minimum absolute atomic E-state index is 0.139. The SMILES string of the molecule is Cn1cc([C@@H]2C[C@H]2N)c(C(F)(F)F)n1. The molecule has 0 saturated heterocycles. The monoisotopic (exact) mass is 205 g/mol. The Bertz CT molecular complexity index is 355. The van der Waals surface area contributed by atoms with E-state index in [0.29, 0.717) is 6.42 Å². The van der Waals surface area contributed by atoms with E-state index in [9.17, 15) is 13.2 Å². The summed E-state index contributed by atoms with van der Waals surface area (Å²) in [5, 5.41) is 3.41. The highest BCUT2D eigenvalue weighted by atomic mass is 19.4. The molecular formula is C8H10F3N3. The number of hydrogen-bond acceptors (Lipinski definition) is 2. The molecule has 0 radical (unpaired) electrons. The molecule has 1 aliphatic carbocycles. The van der Waals surface area contributed by atoms with Crippen molar-refractivity contribution < 1.29 is 13.2 Å². The fourth-order valence-corrected chi connectivity index (χ4v) is 1.57. The molecule has 2 atom stereocenters. The zero-order valence-electron chi connectivity index (χ0n) is 7.54. The molecule has 14 heavy (non-hydrogen) atoms. The van der Waals surface area contributed by atoms with Crippen molar-refractivity contribution in [1.82, 2.24) is 9.78 Å². The number of alkyl halides is 3. The topological polar surface area (TPSA) is 43.8 Å². The van der Waals surface area contributed by atoms with Gasteiger partial charge in [0.2, 0.25) is 0 Å². The molecule has 1 fully saturated rings. The molecule has 2 N–H and O–H groups in total. The van der Waals surface area contributed by atoms with Crippen LogP contribution in [-0.2, 0) is 13.2 Å². The van der Waals surface area contributed by atoms with Gasteiger partial charge < -0.3 is 5.73 Å². The van der Waals surface area contributed by atoms with Crippen LogP contribution in [0.1, 0.15) is 23.6 Å². The Morgan fingerprint density at radius 1 is 1.57 bits per heavy atom. The first kappa shape index (κ1) is 9.51. The first-order valence-electron chi connectivity index (χ1n) is 4.26. The van der Waals surface area contributed by atoms with Crippen molar-refractivity contribution in [2.45, 2.75) is 24.6 Å². The summed E-state index contributed by atoms with van der Waals surface area (Å²) in [7, 11) is 1.48. The van der Waals surface area contributed by atoms with E-state index >= 15 is 0 Å². The standard InChI is InChI=1S/C8H10F3N3/c1-14-3-5(4-2-6(4)12)7(13-14)8(9,10)11/h3-4,6H,2,12H2,1H3/t4-,6+/m0/s1.